The van der Waals surface area contributed by atoms with Crippen molar-refractivity contribution >= 4 is 16.1 Å². The van der Waals surface area contributed by atoms with Gasteiger partial charge in [0.05, 0.1) is 26.5 Å². The molecular formula is C18H19NO4S. The molecule has 0 saturated carbocycles. The van der Waals surface area contributed by atoms with Crippen molar-refractivity contribution in [2.45, 2.75) is 12.3 Å². The molecule has 2 aromatic rings. The number of sulfonamides is 1. The van der Waals surface area contributed by atoms with Gasteiger partial charge in [0.15, 0.2) is 11.5 Å². The molecule has 0 amide bonds. The average Bonchev–Trinajstić information content (AvgIpc) is 2.60. The first-order chi connectivity index (χ1) is 11.5. The summed E-state index contributed by atoms with van der Waals surface area (Å²) in [5.74, 6) is 1.19. The van der Waals surface area contributed by atoms with E-state index in [9.17, 15) is 8.42 Å². The van der Waals surface area contributed by atoms with E-state index >= 15 is 0 Å². The Labute approximate surface area is 142 Å². The summed E-state index contributed by atoms with van der Waals surface area (Å²) in [6, 6.07) is 12.8. The zero-order chi connectivity index (χ0) is 17.2. The topological polar surface area (TPSA) is 55.8 Å². The maximum absolute atomic E-state index is 12.7. The highest BCUT2D eigenvalue weighted by atomic mass is 32.2. The zero-order valence-electron chi connectivity index (χ0n) is 13.6. The van der Waals surface area contributed by atoms with Crippen molar-refractivity contribution < 1.29 is 17.9 Å². The van der Waals surface area contributed by atoms with E-state index in [-0.39, 0.29) is 12.3 Å². The molecule has 0 bridgehead atoms. The average molecular weight is 345 g/mol. The van der Waals surface area contributed by atoms with E-state index in [1.54, 1.807) is 26.5 Å². The van der Waals surface area contributed by atoms with E-state index in [0.29, 0.717) is 11.5 Å². The third-order valence-electron chi connectivity index (χ3n) is 3.94. The molecule has 0 unspecified atom stereocenters. The molecule has 126 valence electrons. The smallest absolute Gasteiger partial charge is 0.239 e. The summed E-state index contributed by atoms with van der Waals surface area (Å²) in [7, 11) is -0.301. The molecule has 3 rings (SSSR count). The molecule has 1 heterocycles. The van der Waals surface area contributed by atoms with Crippen LogP contribution in [-0.4, -0.2) is 26.9 Å². The van der Waals surface area contributed by atoms with Gasteiger partial charge in [-0.25, -0.2) is 8.42 Å². The maximum atomic E-state index is 12.7. The minimum absolute atomic E-state index is 0.0270. The van der Waals surface area contributed by atoms with Crippen molar-refractivity contribution in [2.24, 2.45) is 0 Å². The minimum atomic E-state index is -3.44. The monoisotopic (exact) mass is 345 g/mol. The standard InChI is InChI=1S/C18H19NO4S/c1-22-17-10-15-8-9-19(12-16(15)11-18(17)23-2)24(20,21)13-14-6-4-3-5-7-14/h3-11H,12-13H2,1-2H3. The molecule has 0 aliphatic carbocycles. The highest BCUT2D eigenvalue weighted by molar-refractivity contribution is 7.88. The van der Waals surface area contributed by atoms with Crippen LogP contribution in [0.3, 0.4) is 0 Å². The molecule has 5 nitrogen and oxygen atoms in total. The molecule has 1 aliphatic rings. The lowest BCUT2D eigenvalue weighted by Gasteiger charge is -2.26. The van der Waals surface area contributed by atoms with Gasteiger partial charge in [-0.1, -0.05) is 30.3 Å². The fourth-order valence-electron chi connectivity index (χ4n) is 2.67. The van der Waals surface area contributed by atoms with Gasteiger partial charge in [0.1, 0.15) is 0 Å². The van der Waals surface area contributed by atoms with Gasteiger partial charge in [0.2, 0.25) is 10.0 Å². The van der Waals surface area contributed by atoms with Crippen LogP contribution in [0.4, 0.5) is 0 Å². The first-order valence-corrected chi connectivity index (χ1v) is 9.11. The molecule has 0 aromatic heterocycles. The number of rotatable bonds is 5. The predicted octanol–water partition coefficient (Wildman–Crippen LogP) is 3.02. The molecule has 6 heteroatoms. The summed E-state index contributed by atoms with van der Waals surface area (Å²) in [6.07, 6.45) is 3.38. The molecule has 0 radical (unpaired) electrons. The Kier molecular flexibility index (Phi) is 4.49. The van der Waals surface area contributed by atoms with Crippen molar-refractivity contribution in [3.8, 4) is 11.5 Å². The van der Waals surface area contributed by atoms with Crippen LogP contribution in [0.15, 0.2) is 48.7 Å². The number of ether oxygens (including phenoxy) is 2. The van der Waals surface area contributed by atoms with Crippen molar-refractivity contribution in [3.05, 3.63) is 65.4 Å². The zero-order valence-corrected chi connectivity index (χ0v) is 14.4. The number of nitrogens with zero attached hydrogens (tertiary/aromatic N) is 1. The van der Waals surface area contributed by atoms with Gasteiger partial charge in [0.25, 0.3) is 0 Å². The van der Waals surface area contributed by atoms with Gasteiger partial charge < -0.3 is 9.47 Å². The van der Waals surface area contributed by atoms with Gasteiger partial charge >= 0.3 is 0 Å². The number of hydrogen-bond acceptors (Lipinski definition) is 4. The molecule has 0 atom stereocenters. The largest absolute Gasteiger partial charge is 0.493 e. The van der Waals surface area contributed by atoms with E-state index in [0.717, 1.165) is 16.7 Å². The van der Waals surface area contributed by atoms with Crippen LogP contribution in [0.1, 0.15) is 16.7 Å². The van der Waals surface area contributed by atoms with Gasteiger partial charge in [-0.05, 0) is 34.9 Å². The Morgan fingerprint density at radius 1 is 1.04 bits per heavy atom. The normalized spacial score (nSPS) is 13.5. The summed E-state index contributed by atoms with van der Waals surface area (Å²) in [6.45, 7) is 0.279. The molecule has 0 saturated heterocycles. The van der Waals surface area contributed by atoms with Crippen LogP contribution in [0, 0.1) is 0 Å². The van der Waals surface area contributed by atoms with E-state index in [2.05, 4.69) is 0 Å². The fraction of sp³-hybridized carbons (Fsp3) is 0.222. The van der Waals surface area contributed by atoms with E-state index < -0.39 is 10.0 Å². The van der Waals surface area contributed by atoms with Crippen molar-refractivity contribution in [2.75, 3.05) is 14.2 Å². The first kappa shape index (κ1) is 16.4. The van der Waals surface area contributed by atoms with Gasteiger partial charge in [0, 0.05) is 6.20 Å². The quantitative estimate of drug-likeness (QED) is 0.836. The molecule has 0 N–H and O–H groups in total. The molecule has 0 spiro atoms. The van der Waals surface area contributed by atoms with E-state index in [1.807, 2.05) is 42.5 Å². The minimum Gasteiger partial charge on any atom is -0.493 e. The summed E-state index contributed by atoms with van der Waals surface area (Å²) < 4.78 is 37.3. The maximum Gasteiger partial charge on any atom is 0.239 e. The fourth-order valence-corrected chi connectivity index (χ4v) is 4.03. The summed E-state index contributed by atoms with van der Waals surface area (Å²) in [5.41, 5.74) is 2.58. The van der Waals surface area contributed by atoms with Crippen LogP contribution >= 0.6 is 0 Å². The van der Waals surface area contributed by atoms with Crippen LogP contribution in [0.2, 0.25) is 0 Å². The lowest BCUT2D eigenvalue weighted by molar-refractivity contribution is 0.353. The Hall–Kier alpha value is -2.47. The Bertz CT molecular complexity index is 860. The molecule has 2 aromatic carbocycles. The molecule has 0 fully saturated rings. The second kappa shape index (κ2) is 6.57. The number of methoxy groups -OCH3 is 2. The lowest BCUT2D eigenvalue weighted by atomic mass is 10.0. The second-order valence-corrected chi connectivity index (χ2v) is 7.43. The first-order valence-electron chi connectivity index (χ1n) is 7.50. The third kappa shape index (κ3) is 3.23. The van der Waals surface area contributed by atoms with Crippen LogP contribution < -0.4 is 9.47 Å². The van der Waals surface area contributed by atoms with Crippen molar-refractivity contribution in [3.63, 3.8) is 0 Å². The highest BCUT2D eigenvalue weighted by Gasteiger charge is 2.24. The molecular weight excluding hydrogens is 326 g/mol. The highest BCUT2D eigenvalue weighted by Crippen LogP contribution is 2.34. The van der Waals surface area contributed by atoms with Crippen molar-refractivity contribution in [1.82, 2.24) is 4.31 Å². The van der Waals surface area contributed by atoms with Crippen LogP contribution in [0.5, 0.6) is 11.5 Å². The van der Waals surface area contributed by atoms with E-state index in [4.69, 9.17) is 9.47 Å². The number of fused-ring (bicyclic) bond motifs is 1. The summed E-state index contributed by atoms with van der Waals surface area (Å²) in [4.78, 5) is 0. The SMILES string of the molecule is COc1cc2c(cc1OC)CN(S(=O)(=O)Cc1ccccc1)C=C2. The van der Waals surface area contributed by atoms with Gasteiger partial charge in [-0.15, -0.1) is 0 Å². The van der Waals surface area contributed by atoms with Crippen molar-refractivity contribution in [1.29, 1.82) is 0 Å². The summed E-state index contributed by atoms with van der Waals surface area (Å²) >= 11 is 0. The molecule has 1 aliphatic heterocycles. The van der Waals surface area contributed by atoms with Crippen LogP contribution in [-0.2, 0) is 22.3 Å². The Balaban J connectivity index is 1.87. The second-order valence-electron chi connectivity index (χ2n) is 5.51. The number of hydrogen-bond donors (Lipinski definition) is 0. The Morgan fingerprint density at radius 3 is 2.38 bits per heavy atom. The van der Waals surface area contributed by atoms with Crippen LogP contribution in [0.25, 0.3) is 6.08 Å². The van der Waals surface area contributed by atoms with Gasteiger partial charge in [-0.2, -0.15) is 0 Å². The van der Waals surface area contributed by atoms with Gasteiger partial charge in [-0.3, -0.25) is 4.31 Å². The predicted molar refractivity (Wildman–Crippen MR) is 93.2 cm³/mol. The lowest BCUT2D eigenvalue weighted by Crippen LogP contribution is -2.28. The third-order valence-corrected chi connectivity index (χ3v) is 5.60. The Morgan fingerprint density at radius 2 is 1.71 bits per heavy atom. The summed E-state index contributed by atoms with van der Waals surface area (Å²) in [5, 5.41) is 0. The van der Waals surface area contributed by atoms with E-state index in [1.165, 1.54) is 4.31 Å². The number of benzene rings is 2. The molecule has 24 heavy (non-hydrogen) atoms.